The zero-order valence-electron chi connectivity index (χ0n) is 11.1. The molecule has 0 radical (unpaired) electrons. The van der Waals surface area contributed by atoms with Gasteiger partial charge in [0.05, 0.1) is 22.5 Å². The molecule has 5 nitrogen and oxygen atoms in total. The number of H-pyrrole nitrogens is 1. The standard InChI is InChI=1S/C15H11BrN2O3/c1-21-13-11(19)7-6-9(12(13)16)14-17-10-5-3-2-4-8(10)15(20)18-14/h2-7,19H,1H3,(H,17,18,20). The third-order valence-corrected chi connectivity index (χ3v) is 3.94. The van der Waals surface area contributed by atoms with E-state index in [0.29, 0.717) is 32.5 Å². The highest BCUT2D eigenvalue weighted by Crippen LogP contribution is 2.40. The minimum Gasteiger partial charge on any atom is -0.504 e. The summed E-state index contributed by atoms with van der Waals surface area (Å²) in [5, 5.41) is 10.3. The third-order valence-electron chi connectivity index (χ3n) is 3.15. The molecule has 0 spiro atoms. The number of nitrogens with one attached hydrogen (secondary N) is 1. The van der Waals surface area contributed by atoms with E-state index in [2.05, 4.69) is 25.9 Å². The van der Waals surface area contributed by atoms with E-state index in [9.17, 15) is 9.90 Å². The van der Waals surface area contributed by atoms with Gasteiger partial charge in [0.25, 0.3) is 5.56 Å². The summed E-state index contributed by atoms with van der Waals surface area (Å²) < 4.78 is 5.67. The molecule has 1 heterocycles. The third kappa shape index (κ3) is 2.27. The number of phenols is 1. The molecule has 0 atom stereocenters. The van der Waals surface area contributed by atoms with E-state index < -0.39 is 0 Å². The molecule has 0 aliphatic heterocycles. The maximum absolute atomic E-state index is 12.1. The van der Waals surface area contributed by atoms with Crippen molar-refractivity contribution in [3.8, 4) is 22.9 Å². The molecule has 0 aliphatic carbocycles. The number of aromatic nitrogens is 2. The molecule has 106 valence electrons. The van der Waals surface area contributed by atoms with Gasteiger partial charge in [0.15, 0.2) is 11.5 Å². The van der Waals surface area contributed by atoms with Crippen LogP contribution in [0.1, 0.15) is 0 Å². The number of hydrogen-bond donors (Lipinski definition) is 2. The monoisotopic (exact) mass is 346 g/mol. The van der Waals surface area contributed by atoms with Gasteiger partial charge in [-0.25, -0.2) is 4.98 Å². The highest BCUT2D eigenvalue weighted by molar-refractivity contribution is 9.10. The number of nitrogens with zero attached hydrogens (tertiary/aromatic N) is 1. The van der Waals surface area contributed by atoms with E-state index in [1.54, 1.807) is 24.3 Å². The van der Waals surface area contributed by atoms with Crippen LogP contribution in [0.25, 0.3) is 22.3 Å². The SMILES string of the molecule is COc1c(O)ccc(-c2nc3ccccc3c(=O)[nH]2)c1Br. The predicted molar refractivity (Wildman–Crippen MR) is 83.7 cm³/mol. The van der Waals surface area contributed by atoms with Crippen LogP contribution in [0.5, 0.6) is 11.5 Å². The summed E-state index contributed by atoms with van der Waals surface area (Å²) in [4.78, 5) is 19.3. The number of para-hydroxylation sites is 1. The fraction of sp³-hybridized carbons (Fsp3) is 0.0667. The number of aromatic amines is 1. The lowest BCUT2D eigenvalue weighted by Gasteiger charge is -2.10. The number of phenolic OH excluding ortho intramolecular Hbond substituents is 1. The van der Waals surface area contributed by atoms with Crippen LogP contribution < -0.4 is 10.3 Å². The quantitative estimate of drug-likeness (QED) is 0.747. The maximum Gasteiger partial charge on any atom is 0.259 e. The minimum atomic E-state index is -0.213. The molecule has 6 heteroatoms. The first-order chi connectivity index (χ1) is 10.1. The second-order valence-electron chi connectivity index (χ2n) is 4.41. The van der Waals surface area contributed by atoms with Crippen molar-refractivity contribution in [1.29, 1.82) is 0 Å². The van der Waals surface area contributed by atoms with Gasteiger partial charge in [-0.05, 0) is 40.2 Å². The lowest BCUT2D eigenvalue weighted by molar-refractivity contribution is 0.371. The molecule has 1 aromatic heterocycles. The van der Waals surface area contributed by atoms with Crippen molar-refractivity contribution in [2.24, 2.45) is 0 Å². The Hall–Kier alpha value is -2.34. The number of aromatic hydroxyl groups is 1. The zero-order valence-corrected chi connectivity index (χ0v) is 12.6. The normalized spacial score (nSPS) is 10.8. The second-order valence-corrected chi connectivity index (χ2v) is 5.20. The van der Waals surface area contributed by atoms with Crippen molar-refractivity contribution in [3.63, 3.8) is 0 Å². The fourth-order valence-corrected chi connectivity index (χ4v) is 2.82. The van der Waals surface area contributed by atoms with Crippen LogP contribution in [0.4, 0.5) is 0 Å². The largest absolute Gasteiger partial charge is 0.504 e. The van der Waals surface area contributed by atoms with E-state index in [1.807, 2.05) is 6.07 Å². The van der Waals surface area contributed by atoms with Crippen molar-refractivity contribution < 1.29 is 9.84 Å². The molecule has 0 amide bonds. The van der Waals surface area contributed by atoms with Gasteiger partial charge in [0.1, 0.15) is 5.82 Å². The van der Waals surface area contributed by atoms with Crippen molar-refractivity contribution in [1.82, 2.24) is 9.97 Å². The van der Waals surface area contributed by atoms with Crippen molar-refractivity contribution in [3.05, 3.63) is 51.2 Å². The smallest absolute Gasteiger partial charge is 0.259 e. The van der Waals surface area contributed by atoms with Gasteiger partial charge in [0, 0.05) is 5.56 Å². The summed E-state index contributed by atoms with van der Waals surface area (Å²) in [7, 11) is 1.46. The summed E-state index contributed by atoms with van der Waals surface area (Å²) >= 11 is 3.37. The average Bonchev–Trinajstić information content (AvgIpc) is 2.48. The Balaban J connectivity index is 2.29. The molecule has 21 heavy (non-hydrogen) atoms. The molecule has 2 N–H and O–H groups in total. The highest BCUT2D eigenvalue weighted by atomic mass is 79.9. The molecule has 0 saturated heterocycles. The zero-order chi connectivity index (χ0) is 15.0. The number of benzene rings is 2. The number of methoxy groups -OCH3 is 1. The molecule has 2 aromatic carbocycles. The Morgan fingerprint density at radius 2 is 2.00 bits per heavy atom. The van der Waals surface area contributed by atoms with Crippen LogP contribution in [0, 0.1) is 0 Å². The summed E-state index contributed by atoms with van der Waals surface area (Å²) in [6.07, 6.45) is 0. The molecule has 3 aromatic rings. The summed E-state index contributed by atoms with van der Waals surface area (Å²) in [5.74, 6) is 0.712. The summed E-state index contributed by atoms with van der Waals surface area (Å²) in [6, 6.07) is 10.3. The van der Waals surface area contributed by atoms with Gasteiger partial charge in [0.2, 0.25) is 0 Å². The van der Waals surface area contributed by atoms with Crippen molar-refractivity contribution >= 4 is 26.8 Å². The minimum absolute atomic E-state index is 0.0104. The molecular formula is C15H11BrN2O3. The predicted octanol–water partition coefficient (Wildman–Crippen LogP) is 3.07. The van der Waals surface area contributed by atoms with Gasteiger partial charge in [-0.2, -0.15) is 0 Å². The van der Waals surface area contributed by atoms with Gasteiger partial charge < -0.3 is 14.8 Å². The van der Waals surface area contributed by atoms with Crippen LogP contribution >= 0.6 is 15.9 Å². The Morgan fingerprint density at radius 3 is 2.76 bits per heavy atom. The van der Waals surface area contributed by atoms with Gasteiger partial charge in [-0.1, -0.05) is 12.1 Å². The van der Waals surface area contributed by atoms with Gasteiger partial charge in [-0.3, -0.25) is 4.79 Å². The maximum atomic E-state index is 12.1. The van der Waals surface area contributed by atoms with Gasteiger partial charge in [-0.15, -0.1) is 0 Å². The molecule has 0 bridgehead atoms. The van der Waals surface area contributed by atoms with Crippen LogP contribution in [-0.2, 0) is 0 Å². The molecular weight excluding hydrogens is 336 g/mol. The average molecular weight is 347 g/mol. The van der Waals surface area contributed by atoms with Gasteiger partial charge >= 0.3 is 0 Å². The molecule has 3 rings (SSSR count). The van der Waals surface area contributed by atoms with Crippen LogP contribution in [0.15, 0.2) is 45.7 Å². The Morgan fingerprint density at radius 1 is 1.24 bits per heavy atom. The molecule has 0 unspecified atom stereocenters. The molecule has 0 saturated carbocycles. The first-order valence-corrected chi connectivity index (χ1v) is 6.96. The summed E-state index contributed by atoms with van der Waals surface area (Å²) in [5.41, 5.74) is 1.03. The number of hydrogen-bond acceptors (Lipinski definition) is 4. The first kappa shape index (κ1) is 13.6. The highest BCUT2D eigenvalue weighted by Gasteiger charge is 2.15. The van der Waals surface area contributed by atoms with Crippen molar-refractivity contribution in [2.45, 2.75) is 0 Å². The van der Waals surface area contributed by atoms with Crippen LogP contribution in [0.3, 0.4) is 0 Å². The van der Waals surface area contributed by atoms with E-state index in [4.69, 9.17) is 4.74 Å². The van der Waals surface area contributed by atoms with E-state index >= 15 is 0 Å². The van der Waals surface area contributed by atoms with E-state index in [1.165, 1.54) is 13.2 Å². The molecule has 0 fully saturated rings. The number of ether oxygens (including phenoxy) is 1. The number of fused-ring (bicyclic) bond motifs is 1. The van der Waals surface area contributed by atoms with Crippen LogP contribution in [-0.4, -0.2) is 22.2 Å². The number of halogens is 1. The topological polar surface area (TPSA) is 75.2 Å². The van der Waals surface area contributed by atoms with E-state index in [0.717, 1.165) is 0 Å². The van der Waals surface area contributed by atoms with Crippen LogP contribution in [0.2, 0.25) is 0 Å². The lowest BCUT2D eigenvalue weighted by Crippen LogP contribution is -2.09. The van der Waals surface area contributed by atoms with Crippen molar-refractivity contribution in [2.75, 3.05) is 7.11 Å². The van der Waals surface area contributed by atoms with E-state index in [-0.39, 0.29) is 11.3 Å². The Kier molecular flexibility index (Phi) is 3.39. The Labute approximate surface area is 128 Å². The Bertz CT molecular complexity index is 890. The first-order valence-electron chi connectivity index (χ1n) is 6.16. The fourth-order valence-electron chi connectivity index (χ4n) is 2.14. The summed E-state index contributed by atoms with van der Waals surface area (Å²) in [6.45, 7) is 0. The number of rotatable bonds is 2. The second kappa shape index (κ2) is 5.21. The molecule has 0 aliphatic rings. The lowest BCUT2D eigenvalue weighted by atomic mass is 10.1.